The van der Waals surface area contributed by atoms with Gasteiger partial charge in [-0.05, 0) is 31.5 Å². The van der Waals surface area contributed by atoms with Gasteiger partial charge in [-0.1, -0.05) is 13.0 Å². The van der Waals surface area contributed by atoms with Gasteiger partial charge in [-0.2, -0.15) is 0 Å². The number of fused-ring (bicyclic) bond motifs is 1. The zero-order valence-corrected chi connectivity index (χ0v) is 12.0. The van der Waals surface area contributed by atoms with Gasteiger partial charge in [-0.3, -0.25) is 14.1 Å². The van der Waals surface area contributed by atoms with Gasteiger partial charge in [0.05, 0.1) is 12.3 Å². The molecule has 1 N–H and O–H groups in total. The summed E-state index contributed by atoms with van der Waals surface area (Å²) in [5, 5.41) is 9.08. The lowest BCUT2D eigenvalue weighted by atomic mass is 10.2. The molecule has 0 aliphatic heterocycles. The molecular formula is C15H21N3O2. The van der Waals surface area contributed by atoms with Gasteiger partial charge < -0.3 is 5.11 Å². The minimum absolute atomic E-state index is 0.0610. The lowest BCUT2D eigenvalue weighted by molar-refractivity contribution is 0.189. The first-order valence-corrected chi connectivity index (χ1v) is 6.97. The van der Waals surface area contributed by atoms with Crippen LogP contribution in [0.3, 0.4) is 0 Å². The fraction of sp³-hybridized carbons (Fsp3) is 0.467. The molecule has 0 radical (unpaired) electrons. The molecule has 2 aromatic heterocycles. The van der Waals surface area contributed by atoms with Crippen molar-refractivity contribution in [1.29, 1.82) is 0 Å². The van der Waals surface area contributed by atoms with E-state index >= 15 is 0 Å². The molecule has 5 heteroatoms. The quantitative estimate of drug-likeness (QED) is 0.861. The Balaban J connectivity index is 2.35. The Morgan fingerprint density at radius 2 is 2.20 bits per heavy atom. The van der Waals surface area contributed by atoms with E-state index in [1.807, 2.05) is 19.1 Å². The summed E-state index contributed by atoms with van der Waals surface area (Å²) in [6.07, 6.45) is 2.74. The lowest BCUT2D eigenvalue weighted by Gasteiger charge is -2.20. The smallest absolute Gasteiger partial charge is 0.258 e. The van der Waals surface area contributed by atoms with Gasteiger partial charge in [0.2, 0.25) is 0 Å². The SMILES string of the molecule is CCCN(CCO)Cc1cc(=O)n2cccc(C)c2n1. The average molecular weight is 275 g/mol. The molecule has 0 amide bonds. The Kier molecular flexibility index (Phi) is 4.87. The minimum atomic E-state index is -0.0610. The molecule has 0 bridgehead atoms. The van der Waals surface area contributed by atoms with Crippen LogP contribution < -0.4 is 5.56 Å². The first kappa shape index (κ1) is 14.7. The number of aliphatic hydroxyl groups is 1. The predicted molar refractivity (Wildman–Crippen MR) is 78.9 cm³/mol. The first-order valence-electron chi connectivity index (χ1n) is 6.97. The van der Waals surface area contributed by atoms with Crippen LogP contribution >= 0.6 is 0 Å². The van der Waals surface area contributed by atoms with E-state index in [2.05, 4.69) is 16.8 Å². The maximum absolute atomic E-state index is 12.1. The molecule has 0 saturated carbocycles. The van der Waals surface area contributed by atoms with Crippen LogP contribution in [0.5, 0.6) is 0 Å². The van der Waals surface area contributed by atoms with Crippen molar-refractivity contribution in [3.63, 3.8) is 0 Å². The molecule has 0 aliphatic rings. The summed E-state index contributed by atoms with van der Waals surface area (Å²) in [6.45, 7) is 6.23. The first-order chi connectivity index (χ1) is 9.65. The molecule has 5 nitrogen and oxygen atoms in total. The fourth-order valence-corrected chi connectivity index (χ4v) is 2.35. The second-order valence-electron chi connectivity index (χ2n) is 4.97. The van der Waals surface area contributed by atoms with Crippen molar-refractivity contribution >= 4 is 5.65 Å². The highest BCUT2D eigenvalue weighted by atomic mass is 16.3. The maximum atomic E-state index is 12.1. The molecule has 2 aromatic rings. The molecule has 0 aromatic carbocycles. The largest absolute Gasteiger partial charge is 0.395 e. The van der Waals surface area contributed by atoms with E-state index in [4.69, 9.17) is 5.11 Å². The molecule has 0 aliphatic carbocycles. The molecule has 2 rings (SSSR count). The number of rotatable bonds is 6. The summed E-state index contributed by atoms with van der Waals surface area (Å²) in [7, 11) is 0. The van der Waals surface area contributed by atoms with Crippen molar-refractivity contribution in [2.75, 3.05) is 19.7 Å². The van der Waals surface area contributed by atoms with Crippen LogP contribution in [0.2, 0.25) is 0 Å². The Labute approximate surface area is 118 Å². The second-order valence-corrected chi connectivity index (χ2v) is 4.97. The highest BCUT2D eigenvalue weighted by Gasteiger charge is 2.09. The van der Waals surface area contributed by atoms with Crippen molar-refractivity contribution in [3.8, 4) is 0 Å². The zero-order chi connectivity index (χ0) is 14.5. The van der Waals surface area contributed by atoms with Crippen LogP contribution in [0.1, 0.15) is 24.6 Å². The standard InChI is InChI=1S/C15H21N3O2/c1-3-6-17(8-9-19)11-13-10-14(20)18-7-4-5-12(2)15(18)16-13/h4-5,7,10,19H,3,6,8-9,11H2,1-2H3. The maximum Gasteiger partial charge on any atom is 0.258 e. The Hall–Kier alpha value is -1.72. The molecule has 0 spiro atoms. The zero-order valence-electron chi connectivity index (χ0n) is 12.0. The predicted octanol–water partition coefficient (Wildman–Crippen LogP) is 1.21. The van der Waals surface area contributed by atoms with Crippen molar-refractivity contribution in [3.05, 3.63) is 46.0 Å². The Morgan fingerprint density at radius 1 is 1.40 bits per heavy atom. The van der Waals surface area contributed by atoms with E-state index in [-0.39, 0.29) is 12.2 Å². The molecule has 108 valence electrons. The molecule has 0 saturated heterocycles. The summed E-state index contributed by atoms with van der Waals surface area (Å²) in [6, 6.07) is 5.37. The summed E-state index contributed by atoms with van der Waals surface area (Å²) >= 11 is 0. The van der Waals surface area contributed by atoms with Crippen LogP contribution in [0.15, 0.2) is 29.2 Å². The third-order valence-electron chi connectivity index (χ3n) is 3.28. The second kappa shape index (κ2) is 6.63. The number of hydrogen-bond acceptors (Lipinski definition) is 4. The van der Waals surface area contributed by atoms with E-state index in [0.29, 0.717) is 18.7 Å². The summed E-state index contributed by atoms with van der Waals surface area (Å²) < 4.78 is 1.56. The van der Waals surface area contributed by atoms with E-state index in [1.54, 1.807) is 16.7 Å². The Bertz CT molecular complexity index is 631. The van der Waals surface area contributed by atoms with Gasteiger partial charge in [0, 0.05) is 25.4 Å². The van der Waals surface area contributed by atoms with E-state index in [0.717, 1.165) is 24.2 Å². The highest BCUT2D eigenvalue weighted by molar-refractivity contribution is 5.46. The summed E-state index contributed by atoms with van der Waals surface area (Å²) in [5.41, 5.74) is 2.38. The van der Waals surface area contributed by atoms with Gasteiger partial charge in [-0.15, -0.1) is 0 Å². The minimum Gasteiger partial charge on any atom is -0.395 e. The molecule has 20 heavy (non-hydrogen) atoms. The van der Waals surface area contributed by atoms with Crippen molar-refractivity contribution < 1.29 is 5.11 Å². The van der Waals surface area contributed by atoms with Crippen LogP contribution in [-0.4, -0.2) is 39.1 Å². The third kappa shape index (κ3) is 3.23. The van der Waals surface area contributed by atoms with Crippen LogP contribution in [0.4, 0.5) is 0 Å². The van der Waals surface area contributed by atoms with Crippen molar-refractivity contribution in [2.24, 2.45) is 0 Å². The van der Waals surface area contributed by atoms with Gasteiger partial charge >= 0.3 is 0 Å². The van der Waals surface area contributed by atoms with Gasteiger partial charge in [-0.25, -0.2) is 4.98 Å². The van der Waals surface area contributed by atoms with Crippen LogP contribution in [0, 0.1) is 6.92 Å². The number of aliphatic hydroxyl groups excluding tert-OH is 1. The Morgan fingerprint density at radius 3 is 2.90 bits per heavy atom. The number of pyridine rings is 1. The van der Waals surface area contributed by atoms with Gasteiger partial charge in [0.1, 0.15) is 5.65 Å². The number of aryl methyl sites for hydroxylation is 1. The molecular weight excluding hydrogens is 254 g/mol. The molecule has 0 atom stereocenters. The summed E-state index contributed by atoms with van der Waals surface area (Å²) in [5.74, 6) is 0. The fourth-order valence-electron chi connectivity index (χ4n) is 2.35. The van der Waals surface area contributed by atoms with Crippen LogP contribution in [0.25, 0.3) is 5.65 Å². The highest BCUT2D eigenvalue weighted by Crippen LogP contribution is 2.07. The number of aromatic nitrogens is 2. The summed E-state index contributed by atoms with van der Waals surface area (Å²) in [4.78, 5) is 18.8. The molecule has 0 fully saturated rings. The van der Waals surface area contributed by atoms with E-state index in [9.17, 15) is 4.79 Å². The van der Waals surface area contributed by atoms with E-state index < -0.39 is 0 Å². The van der Waals surface area contributed by atoms with Gasteiger partial charge in [0.25, 0.3) is 5.56 Å². The van der Waals surface area contributed by atoms with E-state index in [1.165, 1.54) is 0 Å². The third-order valence-corrected chi connectivity index (χ3v) is 3.28. The van der Waals surface area contributed by atoms with Crippen LogP contribution in [-0.2, 0) is 6.54 Å². The molecule has 0 unspecified atom stereocenters. The van der Waals surface area contributed by atoms with Crippen molar-refractivity contribution in [1.82, 2.24) is 14.3 Å². The number of hydrogen-bond donors (Lipinski definition) is 1. The lowest BCUT2D eigenvalue weighted by Crippen LogP contribution is -2.29. The monoisotopic (exact) mass is 275 g/mol. The normalized spacial score (nSPS) is 11.4. The topological polar surface area (TPSA) is 57.8 Å². The average Bonchev–Trinajstić information content (AvgIpc) is 2.41. The van der Waals surface area contributed by atoms with Crippen molar-refractivity contribution in [2.45, 2.75) is 26.8 Å². The molecule has 2 heterocycles. The van der Waals surface area contributed by atoms with Gasteiger partial charge in [0.15, 0.2) is 0 Å². The number of nitrogens with zero attached hydrogens (tertiary/aromatic N) is 3.